The molecule has 21 heavy (non-hydrogen) atoms. The van der Waals surface area contributed by atoms with E-state index in [1.165, 1.54) is 0 Å². The Balaban J connectivity index is 5.75. The van der Waals surface area contributed by atoms with Gasteiger partial charge >= 0.3 is 11.9 Å². The highest BCUT2D eigenvalue weighted by atomic mass is 16.4. The van der Waals surface area contributed by atoms with Crippen LogP contribution >= 0.6 is 0 Å². The summed E-state index contributed by atoms with van der Waals surface area (Å²) in [5.41, 5.74) is -3.18. The summed E-state index contributed by atoms with van der Waals surface area (Å²) in [6, 6.07) is 0. The van der Waals surface area contributed by atoms with Gasteiger partial charge in [0.2, 0.25) is 0 Å². The van der Waals surface area contributed by atoms with E-state index in [0.29, 0.717) is 12.8 Å². The van der Waals surface area contributed by atoms with Crippen LogP contribution in [0.3, 0.4) is 0 Å². The molecule has 4 nitrogen and oxygen atoms in total. The number of rotatable bonds is 9. The van der Waals surface area contributed by atoms with E-state index in [0.717, 1.165) is 25.7 Å². The van der Waals surface area contributed by atoms with E-state index < -0.39 is 28.2 Å². The summed E-state index contributed by atoms with van der Waals surface area (Å²) >= 11 is 0. The second-order valence-electron chi connectivity index (χ2n) is 7.23. The molecule has 0 aromatic rings. The third-order valence-corrected chi connectivity index (χ3v) is 5.35. The van der Waals surface area contributed by atoms with Gasteiger partial charge in [0.25, 0.3) is 0 Å². The van der Waals surface area contributed by atoms with E-state index in [2.05, 4.69) is 6.92 Å². The molecular formula is C17H32O4. The van der Waals surface area contributed by atoms with Gasteiger partial charge in [-0.1, -0.05) is 60.3 Å². The number of hydrogen-bond donors (Lipinski definition) is 2. The molecule has 0 saturated carbocycles. The molecule has 0 aliphatic rings. The monoisotopic (exact) mass is 300 g/mol. The van der Waals surface area contributed by atoms with Gasteiger partial charge < -0.3 is 10.2 Å². The highest BCUT2D eigenvalue weighted by molar-refractivity contribution is 5.87. The average molecular weight is 300 g/mol. The molecule has 4 heteroatoms. The van der Waals surface area contributed by atoms with Gasteiger partial charge in [-0.05, 0) is 25.2 Å². The van der Waals surface area contributed by atoms with Gasteiger partial charge in [-0.15, -0.1) is 0 Å². The molecule has 0 spiro atoms. The highest BCUT2D eigenvalue weighted by Crippen LogP contribution is 2.56. The smallest absolute Gasteiger partial charge is 0.311 e. The van der Waals surface area contributed by atoms with Gasteiger partial charge in [-0.25, -0.2) is 0 Å². The molecule has 2 N–H and O–H groups in total. The van der Waals surface area contributed by atoms with Crippen LogP contribution in [0.2, 0.25) is 0 Å². The van der Waals surface area contributed by atoms with Gasteiger partial charge in [0, 0.05) is 0 Å². The fraction of sp³-hybridized carbons (Fsp3) is 0.882. The predicted molar refractivity (Wildman–Crippen MR) is 84.3 cm³/mol. The minimum Gasteiger partial charge on any atom is -0.481 e. The van der Waals surface area contributed by atoms with Crippen LogP contribution in [-0.2, 0) is 9.59 Å². The van der Waals surface area contributed by atoms with Crippen molar-refractivity contribution >= 4 is 11.9 Å². The van der Waals surface area contributed by atoms with Crippen molar-refractivity contribution in [2.45, 2.75) is 80.1 Å². The van der Waals surface area contributed by atoms with Crippen LogP contribution in [0.15, 0.2) is 0 Å². The molecule has 0 aromatic carbocycles. The fourth-order valence-corrected chi connectivity index (χ4v) is 3.35. The summed E-state index contributed by atoms with van der Waals surface area (Å²) < 4.78 is 0. The lowest BCUT2D eigenvalue weighted by Crippen LogP contribution is -2.57. The van der Waals surface area contributed by atoms with Crippen LogP contribution in [0.5, 0.6) is 0 Å². The molecular weight excluding hydrogens is 268 g/mol. The van der Waals surface area contributed by atoms with Crippen molar-refractivity contribution in [1.29, 1.82) is 0 Å². The highest BCUT2D eigenvalue weighted by Gasteiger charge is 2.62. The Hall–Kier alpha value is -1.06. The first-order valence-corrected chi connectivity index (χ1v) is 7.98. The van der Waals surface area contributed by atoms with Crippen molar-refractivity contribution in [1.82, 2.24) is 0 Å². The Morgan fingerprint density at radius 2 is 1.38 bits per heavy atom. The standard InChI is InChI=1S/C17H32O4/c1-7-9-10-11-12-17(8-2,14(20)21)16(6,13(18)19)15(3,4)5/h7-12H2,1-6H3,(H,18,19)(H,20,21). The van der Waals surface area contributed by atoms with E-state index in [1.807, 2.05) is 20.8 Å². The largest absolute Gasteiger partial charge is 0.481 e. The molecule has 0 aliphatic carbocycles. The second kappa shape index (κ2) is 7.28. The molecule has 2 unspecified atom stereocenters. The summed E-state index contributed by atoms with van der Waals surface area (Å²) in [6.45, 7) is 11.0. The number of hydrogen-bond acceptors (Lipinski definition) is 2. The first-order valence-electron chi connectivity index (χ1n) is 7.98. The molecule has 0 aliphatic heterocycles. The lowest BCUT2D eigenvalue weighted by molar-refractivity contribution is -0.186. The van der Waals surface area contributed by atoms with Crippen molar-refractivity contribution in [2.24, 2.45) is 16.2 Å². The summed E-state index contributed by atoms with van der Waals surface area (Å²) in [5.74, 6) is -2.00. The Kier molecular flexibility index (Phi) is 6.91. The van der Waals surface area contributed by atoms with E-state index >= 15 is 0 Å². The van der Waals surface area contributed by atoms with Crippen molar-refractivity contribution in [3.8, 4) is 0 Å². The topological polar surface area (TPSA) is 74.6 Å². The van der Waals surface area contributed by atoms with Crippen LogP contribution in [-0.4, -0.2) is 22.2 Å². The normalized spacial score (nSPS) is 17.8. The van der Waals surface area contributed by atoms with Crippen LogP contribution in [0.25, 0.3) is 0 Å². The summed E-state index contributed by atoms with van der Waals surface area (Å²) in [6.07, 6.45) is 4.58. The maximum absolute atomic E-state index is 12.1. The Morgan fingerprint density at radius 1 is 0.857 bits per heavy atom. The van der Waals surface area contributed by atoms with E-state index in [1.54, 1.807) is 13.8 Å². The molecule has 0 radical (unpaired) electrons. The molecule has 0 aromatic heterocycles. The average Bonchev–Trinajstić information content (AvgIpc) is 2.36. The first-order chi connectivity index (χ1) is 9.51. The zero-order valence-corrected chi connectivity index (χ0v) is 14.5. The van der Waals surface area contributed by atoms with Crippen LogP contribution in [0, 0.1) is 16.2 Å². The number of carbonyl (C=O) groups is 2. The molecule has 0 heterocycles. The van der Waals surface area contributed by atoms with Crippen molar-refractivity contribution in [3.63, 3.8) is 0 Å². The van der Waals surface area contributed by atoms with Crippen molar-refractivity contribution < 1.29 is 19.8 Å². The number of carboxylic acids is 2. The molecule has 124 valence electrons. The minimum atomic E-state index is -1.31. The lowest BCUT2D eigenvalue weighted by atomic mass is 9.50. The lowest BCUT2D eigenvalue weighted by Gasteiger charge is -2.50. The summed E-state index contributed by atoms with van der Waals surface area (Å²) in [7, 11) is 0. The number of unbranched alkanes of at least 4 members (excludes halogenated alkanes) is 3. The molecule has 2 atom stereocenters. The third-order valence-electron chi connectivity index (χ3n) is 5.35. The fourth-order valence-electron chi connectivity index (χ4n) is 3.35. The van der Waals surface area contributed by atoms with Gasteiger partial charge in [-0.2, -0.15) is 0 Å². The second-order valence-corrected chi connectivity index (χ2v) is 7.23. The van der Waals surface area contributed by atoms with Gasteiger partial charge in [0.1, 0.15) is 0 Å². The summed E-state index contributed by atoms with van der Waals surface area (Å²) in [4.78, 5) is 24.1. The maximum Gasteiger partial charge on any atom is 0.311 e. The first kappa shape index (κ1) is 19.9. The Bertz CT molecular complexity index is 369. The van der Waals surface area contributed by atoms with Gasteiger partial charge in [0.15, 0.2) is 0 Å². The van der Waals surface area contributed by atoms with Crippen LogP contribution in [0.4, 0.5) is 0 Å². The zero-order valence-electron chi connectivity index (χ0n) is 14.5. The molecule has 0 rings (SSSR count). The number of aliphatic carboxylic acids is 2. The van der Waals surface area contributed by atoms with E-state index in [9.17, 15) is 19.8 Å². The minimum absolute atomic E-state index is 0.328. The van der Waals surface area contributed by atoms with Crippen molar-refractivity contribution in [3.05, 3.63) is 0 Å². The Morgan fingerprint density at radius 3 is 1.67 bits per heavy atom. The van der Waals surface area contributed by atoms with Crippen LogP contribution < -0.4 is 0 Å². The molecule has 0 saturated heterocycles. The SMILES string of the molecule is CCCCCCC(CC)(C(=O)O)C(C)(C(=O)O)C(C)(C)C. The Labute approximate surface area is 128 Å². The molecule has 0 bridgehead atoms. The quantitative estimate of drug-likeness (QED) is 0.611. The molecule has 0 fully saturated rings. The summed E-state index contributed by atoms with van der Waals surface area (Å²) in [5, 5.41) is 19.7. The van der Waals surface area contributed by atoms with Crippen LogP contribution in [0.1, 0.15) is 80.1 Å². The van der Waals surface area contributed by atoms with Gasteiger partial charge in [-0.3, -0.25) is 9.59 Å². The van der Waals surface area contributed by atoms with E-state index in [-0.39, 0.29) is 0 Å². The predicted octanol–water partition coefficient (Wildman–Crippen LogP) is 4.57. The number of carboxylic acid groups (broad SMARTS) is 2. The maximum atomic E-state index is 12.1. The van der Waals surface area contributed by atoms with Gasteiger partial charge in [0.05, 0.1) is 10.8 Å². The zero-order chi connectivity index (χ0) is 16.9. The van der Waals surface area contributed by atoms with Crippen molar-refractivity contribution in [2.75, 3.05) is 0 Å². The van der Waals surface area contributed by atoms with E-state index in [4.69, 9.17) is 0 Å². The third kappa shape index (κ3) is 3.58. The molecule has 0 amide bonds.